The zero-order valence-corrected chi connectivity index (χ0v) is 16.5. The van der Waals surface area contributed by atoms with E-state index in [-0.39, 0.29) is 12.1 Å². The zero-order chi connectivity index (χ0) is 18.8. The predicted molar refractivity (Wildman–Crippen MR) is 104 cm³/mol. The summed E-state index contributed by atoms with van der Waals surface area (Å²) in [6.07, 6.45) is 10.9. The van der Waals surface area contributed by atoms with Crippen molar-refractivity contribution in [2.45, 2.75) is 82.3 Å². The van der Waals surface area contributed by atoms with Gasteiger partial charge >= 0.3 is 0 Å². The van der Waals surface area contributed by atoms with Crippen LogP contribution in [0.4, 0.5) is 0 Å². The molecule has 4 rings (SSSR count). The van der Waals surface area contributed by atoms with Crippen molar-refractivity contribution >= 4 is 0 Å². The molecule has 7 nitrogen and oxygen atoms in total. The van der Waals surface area contributed by atoms with Gasteiger partial charge < -0.3 is 10.5 Å². The molecule has 2 aromatic heterocycles. The highest BCUT2D eigenvalue weighted by atomic mass is 16.5. The van der Waals surface area contributed by atoms with E-state index in [9.17, 15) is 0 Å². The van der Waals surface area contributed by atoms with E-state index < -0.39 is 0 Å². The molecule has 0 aliphatic heterocycles. The van der Waals surface area contributed by atoms with Crippen molar-refractivity contribution in [3.8, 4) is 5.82 Å². The minimum absolute atomic E-state index is 0.0573. The van der Waals surface area contributed by atoms with E-state index in [1.807, 2.05) is 28.7 Å². The minimum Gasteiger partial charge on any atom is -0.377 e. The maximum absolute atomic E-state index is 6.48. The standard InChI is InChI=1S/C20H32N6O/c1-3-12-27-17-9-8-15(13-16(17)21)20-23-19(14-6-4-5-7-14)24-26(20)18-10-11-22-25(18)2/h10-11,14-17H,3-9,12-13,21H2,1-2H3/t15-,16+,17+/m0/s1. The normalized spacial score (nSPS) is 26.7. The predicted octanol–water partition coefficient (Wildman–Crippen LogP) is 3.05. The Labute approximate surface area is 161 Å². The van der Waals surface area contributed by atoms with Crippen LogP contribution in [0.1, 0.15) is 81.8 Å². The molecule has 2 aliphatic rings. The lowest BCUT2D eigenvalue weighted by atomic mass is 9.83. The van der Waals surface area contributed by atoms with Crippen LogP contribution >= 0.6 is 0 Å². The molecule has 0 saturated heterocycles. The second kappa shape index (κ2) is 8.10. The molecule has 2 saturated carbocycles. The Kier molecular flexibility index (Phi) is 5.59. The first-order valence-corrected chi connectivity index (χ1v) is 10.5. The highest BCUT2D eigenvalue weighted by Gasteiger charge is 2.34. The van der Waals surface area contributed by atoms with Gasteiger partial charge in [0.25, 0.3) is 0 Å². The third kappa shape index (κ3) is 3.80. The Morgan fingerprint density at radius 1 is 1.19 bits per heavy atom. The first-order valence-electron chi connectivity index (χ1n) is 10.5. The van der Waals surface area contributed by atoms with Crippen LogP contribution in [-0.4, -0.2) is 43.3 Å². The number of rotatable bonds is 6. The lowest BCUT2D eigenvalue weighted by molar-refractivity contribution is 0.0108. The molecule has 0 radical (unpaired) electrons. The number of nitrogens with zero attached hydrogens (tertiary/aromatic N) is 5. The van der Waals surface area contributed by atoms with Crippen LogP contribution in [-0.2, 0) is 11.8 Å². The van der Waals surface area contributed by atoms with Crippen LogP contribution in [0.2, 0.25) is 0 Å². The van der Waals surface area contributed by atoms with Crippen LogP contribution in [0.25, 0.3) is 5.82 Å². The van der Waals surface area contributed by atoms with Gasteiger partial charge in [0.05, 0.1) is 12.3 Å². The molecular formula is C20H32N6O. The highest BCUT2D eigenvalue weighted by molar-refractivity contribution is 5.24. The monoisotopic (exact) mass is 372 g/mol. The van der Waals surface area contributed by atoms with Crippen molar-refractivity contribution in [2.75, 3.05) is 6.61 Å². The Morgan fingerprint density at radius 3 is 2.67 bits per heavy atom. The van der Waals surface area contributed by atoms with Crippen molar-refractivity contribution in [3.63, 3.8) is 0 Å². The average Bonchev–Trinajstić information content (AvgIpc) is 3.40. The molecular weight excluding hydrogens is 340 g/mol. The van der Waals surface area contributed by atoms with Gasteiger partial charge in [-0.2, -0.15) is 9.78 Å². The summed E-state index contributed by atoms with van der Waals surface area (Å²) < 4.78 is 9.84. The maximum atomic E-state index is 6.48. The van der Waals surface area contributed by atoms with Crippen LogP contribution in [0.5, 0.6) is 0 Å². The van der Waals surface area contributed by atoms with Gasteiger partial charge in [0.1, 0.15) is 5.82 Å². The Hall–Kier alpha value is -1.73. The fourth-order valence-electron chi connectivity index (χ4n) is 4.59. The molecule has 7 heteroatoms. The number of hydrogen-bond donors (Lipinski definition) is 1. The van der Waals surface area contributed by atoms with Gasteiger partial charge in [0.15, 0.2) is 11.6 Å². The SMILES string of the molecule is CCCO[C@@H]1CC[C@H](c2nc(C3CCCC3)nn2-c2ccnn2C)C[C@H]1N. The van der Waals surface area contributed by atoms with E-state index in [1.54, 1.807) is 0 Å². The lowest BCUT2D eigenvalue weighted by Crippen LogP contribution is -2.42. The number of nitrogens with two attached hydrogens (primary N) is 1. The van der Waals surface area contributed by atoms with Gasteiger partial charge in [-0.25, -0.2) is 4.98 Å². The second-order valence-electron chi connectivity index (χ2n) is 8.12. The lowest BCUT2D eigenvalue weighted by Gasteiger charge is -2.33. The fraction of sp³-hybridized carbons (Fsp3) is 0.750. The third-order valence-corrected chi connectivity index (χ3v) is 6.12. The average molecular weight is 373 g/mol. The summed E-state index contributed by atoms with van der Waals surface area (Å²) in [6, 6.07) is 2.06. The highest BCUT2D eigenvalue weighted by Crippen LogP contribution is 2.37. The van der Waals surface area contributed by atoms with Gasteiger partial charge in [-0.3, -0.25) is 4.68 Å². The van der Waals surface area contributed by atoms with E-state index >= 15 is 0 Å². The molecule has 27 heavy (non-hydrogen) atoms. The summed E-state index contributed by atoms with van der Waals surface area (Å²) in [5.41, 5.74) is 6.48. The van der Waals surface area contributed by atoms with Crippen molar-refractivity contribution in [1.82, 2.24) is 24.5 Å². The molecule has 2 fully saturated rings. The molecule has 0 unspecified atom stereocenters. The summed E-state index contributed by atoms with van der Waals surface area (Å²) in [5.74, 6) is 3.83. The molecule has 2 heterocycles. The fourth-order valence-corrected chi connectivity index (χ4v) is 4.59. The van der Waals surface area contributed by atoms with E-state index in [2.05, 4.69) is 12.0 Å². The number of hydrogen-bond acceptors (Lipinski definition) is 5. The zero-order valence-electron chi connectivity index (χ0n) is 16.5. The molecule has 0 bridgehead atoms. The van der Waals surface area contributed by atoms with Gasteiger partial charge in [0.2, 0.25) is 0 Å². The van der Waals surface area contributed by atoms with E-state index in [1.165, 1.54) is 25.7 Å². The van der Waals surface area contributed by atoms with E-state index in [0.717, 1.165) is 49.8 Å². The van der Waals surface area contributed by atoms with Gasteiger partial charge in [-0.1, -0.05) is 19.8 Å². The number of ether oxygens (including phenoxy) is 1. The Morgan fingerprint density at radius 2 is 2.00 bits per heavy atom. The summed E-state index contributed by atoms with van der Waals surface area (Å²) in [7, 11) is 1.96. The van der Waals surface area contributed by atoms with Crippen LogP contribution in [0.15, 0.2) is 12.3 Å². The number of aryl methyl sites for hydroxylation is 1. The molecule has 0 amide bonds. The van der Waals surface area contributed by atoms with Gasteiger partial charge in [-0.15, -0.1) is 5.10 Å². The Balaban J connectivity index is 1.60. The first kappa shape index (κ1) is 18.6. The van der Waals surface area contributed by atoms with Crippen molar-refractivity contribution in [2.24, 2.45) is 12.8 Å². The van der Waals surface area contributed by atoms with Crippen LogP contribution in [0, 0.1) is 0 Å². The van der Waals surface area contributed by atoms with Crippen molar-refractivity contribution in [1.29, 1.82) is 0 Å². The molecule has 2 N–H and O–H groups in total. The summed E-state index contributed by atoms with van der Waals surface area (Å²) in [6.45, 7) is 2.93. The molecule has 148 valence electrons. The molecule has 0 spiro atoms. The van der Waals surface area contributed by atoms with Crippen LogP contribution in [0.3, 0.4) is 0 Å². The number of aromatic nitrogens is 5. The Bertz CT molecular complexity index is 747. The minimum atomic E-state index is 0.0573. The molecule has 2 aliphatic carbocycles. The molecule has 0 aromatic carbocycles. The van der Waals surface area contributed by atoms with Crippen molar-refractivity contribution < 1.29 is 4.74 Å². The van der Waals surface area contributed by atoms with E-state index in [0.29, 0.717) is 11.8 Å². The maximum Gasteiger partial charge on any atom is 0.154 e. The summed E-state index contributed by atoms with van der Waals surface area (Å²) in [5, 5.41) is 9.27. The van der Waals surface area contributed by atoms with E-state index in [4.69, 9.17) is 20.6 Å². The smallest absolute Gasteiger partial charge is 0.154 e. The van der Waals surface area contributed by atoms with Crippen molar-refractivity contribution in [3.05, 3.63) is 23.9 Å². The van der Waals surface area contributed by atoms with Gasteiger partial charge in [0, 0.05) is 37.6 Å². The van der Waals surface area contributed by atoms with Crippen LogP contribution < -0.4 is 5.73 Å². The molecule has 2 aromatic rings. The first-order chi connectivity index (χ1) is 13.2. The topological polar surface area (TPSA) is 83.8 Å². The van der Waals surface area contributed by atoms with Gasteiger partial charge in [-0.05, 0) is 38.5 Å². The largest absolute Gasteiger partial charge is 0.377 e. The molecule has 3 atom stereocenters. The summed E-state index contributed by atoms with van der Waals surface area (Å²) >= 11 is 0. The second-order valence-corrected chi connectivity index (χ2v) is 8.12. The quantitative estimate of drug-likeness (QED) is 0.842. The summed E-state index contributed by atoms with van der Waals surface area (Å²) in [4.78, 5) is 5.05. The third-order valence-electron chi connectivity index (χ3n) is 6.12.